The van der Waals surface area contributed by atoms with Crippen molar-refractivity contribution in [1.82, 2.24) is 14.8 Å². The third kappa shape index (κ3) is 2.44. The molecule has 0 amide bonds. The predicted octanol–water partition coefficient (Wildman–Crippen LogP) is 3.13. The quantitative estimate of drug-likeness (QED) is 0.626. The maximum absolute atomic E-state index is 11.2. The van der Waals surface area contributed by atoms with Crippen LogP contribution in [0.3, 0.4) is 0 Å². The van der Waals surface area contributed by atoms with Crippen LogP contribution < -0.4 is 0 Å². The summed E-state index contributed by atoms with van der Waals surface area (Å²) >= 11 is 6.08. The number of nitro groups is 1. The first-order chi connectivity index (χ1) is 8.82. The minimum Gasteiger partial charge on any atom is -0.258 e. The van der Waals surface area contributed by atoms with Crippen LogP contribution in [0, 0.1) is 10.1 Å². The molecule has 0 saturated carbocycles. The maximum atomic E-state index is 11.2. The van der Waals surface area contributed by atoms with Crippen LogP contribution in [-0.2, 0) is 5.41 Å². The van der Waals surface area contributed by atoms with Gasteiger partial charge in [-0.2, -0.15) is 9.78 Å². The number of hydrogen-bond acceptors (Lipinski definition) is 4. The molecule has 0 fully saturated rings. The zero-order chi connectivity index (χ0) is 14.2. The van der Waals surface area contributed by atoms with Gasteiger partial charge in [0.2, 0.25) is 5.15 Å². The molecule has 0 saturated heterocycles. The van der Waals surface area contributed by atoms with Crippen molar-refractivity contribution in [2.24, 2.45) is 0 Å². The molecule has 6 nitrogen and oxygen atoms in total. The van der Waals surface area contributed by atoms with Crippen LogP contribution in [-0.4, -0.2) is 19.7 Å². The van der Waals surface area contributed by atoms with Gasteiger partial charge in [0, 0.05) is 11.6 Å². The molecule has 0 aromatic carbocycles. The molecule has 0 aliphatic carbocycles. The predicted molar refractivity (Wildman–Crippen MR) is 71.7 cm³/mol. The van der Waals surface area contributed by atoms with Gasteiger partial charge in [0.25, 0.3) is 0 Å². The summed E-state index contributed by atoms with van der Waals surface area (Å²) in [6.07, 6.45) is 1.58. The van der Waals surface area contributed by atoms with Crippen molar-refractivity contribution in [1.29, 1.82) is 0 Å². The van der Waals surface area contributed by atoms with E-state index >= 15 is 0 Å². The van der Waals surface area contributed by atoms with Crippen LogP contribution in [0.2, 0.25) is 5.15 Å². The number of hydrogen-bond donors (Lipinski definition) is 0. The van der Waals surface area contributed by atoms with E-state index in [1.807, 2.05) is 20.8 Å². The highest BCUT2D eigenvalue weighted by Gasteiger charge is 2.34. The summed E-state index contributed by atoms with van der Waals surface area (Å²) in [4.78, 5) is 14.8. The maximum Gasteiger partial charge on any atom is 0.330 e. The van der Waals surface area contributed by atoms with Crippen LogP contribution in [0.25, 0.3) is 5.82 Å². The molecule has 0 spiro atoms. The average Bonchev–Trinajstić information content (AvgIpc) is 2.68. The zero-order valence-electron chi connectivity index (χ0n) is 10.8. The van der Waals surface area contributed by atoms with Gasteiger partial charge < -0.3 is 0 Å². The van der Waals surface area contributed by atoms with Crippen molar-refractivity contribution in [3.63, 3.8) is 0 Å². The molecule has 2 aromatic heterocycles. The standard InChI is InChI=1S/C12H13ClN4O2/c1-12(2,3)10-9(17(18)19)11(13)16(15-10)8-6-4-5-7-14-8/h4-7H,1-3H3. The third-order valence-corrected chi connectivity index (χ3v) is 2.90. The fourth-order valence-corrected chi connectivity index (χ4v) is 1.97. The van der Waals surface area contributed by atoms with Crippen molar-refractivity contribution in [3.05, 3.63) is 45.4 Å². The van der Waals surface area contributed by atoms with Crippen molar-refractivity contribution >= 4 is 17.3 Å². The molecule has 19 heavy (non-hydrogen) atoms. The Morgan fingerprint density at radius 3 is 2.47 bits per heavy atom. The van der Waals surface area contributed by atoms with Gasteiger partial charge in [-0.15, -0.1) is 0 Å². The van der Waals surface area contributed by atoms with Gasteiger partial charge >= 0.3 is 5.69 Å². The summed E-state index contributed by atoms with van der Waals surface area (Å²) in [6.45, 7) is 5.55. The van der Waals surface area contributed by atoms with Crippen LogP contribution in [0.4, 0.5) is 5.69 Å². The summed E-state index contributed by atoms with van der Waals surface area (Å²) in [5.41, 5.74) is -0.306. The molecule has 2 rings (SSSR count). The Balaban J connectivity index is 2.70. The third-order valence-electron chi connectivity index (χ3n) is 2.56. The fourth-order valence-electron chi connectivity index (χ4n) is 1.69. The van der Waals surface area contributed by atoms with Gasteiger partial charge in [-0.25, -0.2) is 4.98 Å². The normalized spacial score (nSPS) is 11.6. The van der Waals surface area contributed by atoms with Crippen molar-refractivity contribution in [2.75, 3.05) is 0 Å². The minimum atomic E-state index is -0.505. The number of pyridine rings is 1. The molecule has 0 aliphatic heterocycles. The lowest BCUT2D eigenvalue weighted by Gasteiger charge is -2.13. The summed E-state index contributed by atoms with van der Waals surface area (Å²) < 4.78 is 1.29. The Bertz CT molecular complexity index is 617. The smallest absolute Gasteiger partial charge is 0.258 e. The van der Waals surface area contributed by atoms with E-state index in [2.05, 4.69) is 10.1 Å². The SMILES string of the molecule is CC(C)(C)c1nn(-c2ccccn2)c(Cl)c1[N+](=O)[O-]. The first-order valence-electron chi connectivity index (χ1n) is 5.67. The molecule has 0 radical (unpaired) electrons. The van der Waals surface area contributed by atoms with Crippen LogP contribution >= 0.6 is 11.6 Å². The lowest BCUT2D eigenvalue weighted by Crippen LogP contribution is -2.14. The molecule has 100 valence electrons. The summed E-state index contributed by atoms with van der Waals surface area (Å²) in [5, 5.41) is 15.4. The number of halogens is 1. The number of aromatic nitrogens is 3. The van der Waals surface area contributed by atoms with Gasteiger partial charge in [-0.05, 0) is 12.1 Å². The summed E-state index contributed by atoms with van der Waals surface area (Å²) in [5.74, 6) is 0.450. The number of rotatable bonds is 2. The average molecular weight is 281 g/mol. The molecule has 0 aliphatic rings. The molecule has 7 heteroatoms. The first-order valence-corrected chi connectivity index (χ1v) is 6.05. The zero-order valence-corrected chi connectivity index (χ0v) is 11.5. The molecular formula is C12H13ClN4O2. The van der Waals surface area contributed by atoms with Crippen LogP contribution in [0.5, 0.6) is 0 Å². The Morgan fingerprint density at radius 1 is 1.37 bits per heavy atom. The Kier molecular flexibility index (Phi) is 3.28. The Morgan fingerprint density at radius 2 is 2.05 bits per heavy atom. The van der Waals surface area contributed by atoms with E-state index in [-0.39, 0.29) is 10.8 Å². The number of nitrogens with zero attached hydrogens (tertiary/aromatic N) is 4. The van der Waals surface area contributed by atoms with Crippen molar-refractivity contribution in [2.45, 2.75) is 26.2 Å². The van der Waals surface area contributed by atoms with Crippen molar-refractivity contribution < 1.29 is 4.92 Å². The molecular weight excluding hydrogens is 268 g/mol. The highest BCUT2D eigenvalue weighted by molar-refractivity contribution is 6.32. The van der Waals surface area contributed by atoms with Crippen LogP contribution in [0.1, 0.15) is 26.5 Å². The van der Waals surface area contributed by atoms with E-state index < -0.39 is 10.3 Å². The molecule has 0 N–H and O–H groups in total. The van der Waals surface area contributed by atoms with E-state index in [4.69, 9.17) is 11.6 Å². The Labute approximate surface area is 115 Å². The monoisotopic (exact) mass is 280 g/mol. The molecule has 0 atom stereocenters. The van der Waals surface area contributed by atoms with E-state index in [1.54, 1.807) is 24.4 Å². The highest BCUT2D eigenvalue weighted by atomic mass is 35.5. The van der Waals surface area contributed by atoms with Crippen LogP contribution in [0.15, 0.2) is 24.4 Å². The summed E-state index contributed by atoms with van der Waals surface area (Å²) in [7, 11) is 0. The Hall–Kier alpha value is -1.95. The molecule has 2 heterocycles. The summed E-state index contributed by atoms with van der Waals surface area (Å²) in [6, 6.07) is 5.21. The second kappa shape index (κ2) is 4.62. The highest BCUT2D eigenvalue weighted by Crippen LogP contribution is 2.36. The molecule has 0 bridgehead atoms. The second-order valence-electron chi connectivity index (χ2n) is 5.09. The largest absolute Gasteiger partial charge is 0.330 e. The topological polar surface area (TPSA) is 73.8 Å². The van der Waals surface area contributed by atoms with Gasteiger partial charge in [0.05, 0.1) is 4.92 Å². The first kappa shape index (κ1) is 13.5. The van der Waals surface area contributed by atoms with Crippen molar-refractivity contribution in [3.8, 4) is 5.82 Å². The molecule has 0 unspecified atom stereocenters. The lowest BCUT2D eigenvalue weighted by molar-refractivity contribution is -0.385. The van der Waals surface area contributed by atoms with Gasteiger partial charge in [-0.3, -0.25) is 10.1 Å². The molecule has 2 aromatic rings. The van der Waals surface area contributed by atoms with E-state index in [0.29, 0.717) is 11.5 Å². The lowest BCUT2D eigenvalue weighted by atomic mass is 9.91. The van der Waals surface area contributed by atoms with E-state index in [0.717, 1.165) is 0 Å². The second-order valence-corrected chi connectivity index (χ2v) is 5.45. The fraction of sp³-hybridized carbons (Fsp3) is 0.333. The van der Waals surface area contributed by atoms with E-state index in [9.17, 15) is 10.1 Å². The minimum absolute atomic E-state index is 0.0337. The van der Waals surface area contributed by atoms with Gasteiger partial charge in [0.15, 0.2) is 5.82 Å². The van der Waals surface area contributed by atoms with Gasteiger partial charge in [0.1, 0.15) is 5.69 Å². The van der Waals surface area contributed by atoms with E-state index in [1.165, 1.54) is 4.68 Å². The van der Waals surface area contributed by atoms with Gasteiger partial charge in [-0.1, -0.05) is 38.4 Å².